The van der Waals surface area contributed by atoms with Crippen molar-refractivity contribution in [2.45, 2.75) is 19.9 Å². The Kier molecular flexibility index (Phi) is 5.84. The average molecular weight is 327 g/mol. The summed E-state index contributed by atoms with van der Waals surface area (Å²) in [7, 11) is 0. The fourth-order valence-corrected chi connectivity index (χ4v) is 2.29. The van der Waals surface area contributed by atoms with Crippen LogP contribution in [0, 0.1) is 5.82 Å². The number of carbonyl (C=O) groups is 1. The summed E-state index contributed by atoms with van der Waals surface area (Å²) in [6.45, 7) is 2.02. The molecule has 0 aliphatic rings. The maximum atomic E-state index is 13.9. The van der Waals surface area contributed by atoms with Gasteiger partial charge in [0.25, 0.3) is 0 Å². The first-order valence-corrected chi connectivity index (χ1v) is 7.53. The second-order valence-corrected chi connectivity index (χ2v) is 5.11. The SMILES string of the molecule is CCC(=NCc1ccccc1)C(C(=O)O)=C(O)c1ccccc1F. The van der Waals surface area contributed by atoms with Gasteiger partial charge in [0, 0.05) is 0 Å². The summed E-state index contributed by atoms with van der Waals surface area (Å²) in [6, 6.07) is 14.8. The molecule has 124 valence electrons. The van der Waals surface area contributed by atoms with Gasteiger partial charge in [-0.05, 0) is 24.1 Å². The zero-order valence-corrected chi connectivity index (χ0v) is 13.2. The van der Waals surface area contributed by atoms with E-state index in [0.717, 1.165) is 11.6 Å². The van der Waals surface area contributed by atoms with Crippen LogP contribution in [0.5, 0.6) is 0 Å². The molecule has 0 radical (unpaired) electrons. The molecule has 0 unspecified atom stereocenters. The van der Waals surface area contributed by atoms with E-state index in [9.17, 15) is 19.4 Å². The van der Waals surface area contributed by atoms with Gasteiger partial charge in [-0.3, -0.25) is 4.99 Å². The Labute approximate surface area is 139 Å². The third-order valence-corrected chi connectivity index (χ3v) is 3.50. The van der Waals surface area contributed by atoms with Crippen LogP contribution < -0.4 is 0 Å². The van der Waals surface area contributed by atoms with Crippen LogP contribution in [-0.4, -0.2) is 21.9 Å². The number of halogens is 1. The molecular weight excluding hydrogens is 309 g/mol. The van der Waals surface area contributed by atoms with Gasteiger partial charge in [-0.25, -0.2) is 9.18 Å². The smallest absolute Gasteiger partial charge is 0.341 e. The summed E-state index contributed by atoms with van der Waals surface area (Å²) in [5.41, 5.74) is 0.597. The Morgan fingerprint density at radius 2 is 1.67 bits per heavy atom. The Morgan fingerprint density at radius 3 is 2.25 bits per heavy atom. The lowest BCUT2D eigenvalue weighted by Crippen LogP contribution is -2.15. The number of aliphatic carboxylic acids is 1. The quantitative estimate of drug-likeness (QED) is 0.474. The van der Waals surface area contributed by atoms with E-state index >= 15 is 0 Å². The lowest BCUT2D eigenvalue weighted by atomic mass is 10.0. The number of hydrogen-bond acceptors (Lipinski definition) is 3. The van der Waals surface area contributed by atoms with Gasteiger partial charge in [-0.15, -0.1) is 0 Å². The third-order valence-electron chi connectivity index (χ3n) is 3.50. The van der Waals surface area contributed by atoms with E-state index in [0.29, 0.717) is 6.42 Å². The van der Waals surface area contributed by atoms with Crippen molar-refractivity contribution in [1.82, 2.24) is 0 Å². The first kappa shape index (κ1) is 17.4. The number of aliphatic hydroxyl groups excluding tert-OH is 1. The monoisotopic (exact) mass is 327 g/mol. The normalized spacial score (nSPS) is 12.7. The Balaban J connectivity index is 2.46. The van der Waals surface area contributed by atoms with Gasteiger partial charge in [-0.2, -0.15) is 0 Å². The number of carboxylic acid groups (broad SMARTS) is 1. The molecule has 0 saturated heterocycles. The standard InChI is InChI=1S/C19H18FNO3/c1-2-16(21-12-13-8-4-3-5-9-13)17(19(23)24)18(22)14-10-6-7-11-15(14)20/h3-11,22H,2,12H2,1H3,(H,23,24). The second kappa shape index (κ2) is 8.06. The first-order valence-electron chi connectivity index (χ1n) is 7.53. The minimum absolute atomic E-state index is 0.157. The number of rotatable bonds is 6. The zero-order valence-electron chi connectivity index (χ0n) is 13.2. The van der Waals surface area contributed by atoms with Crippen LogP contribution in [0.1, 0.15) is 24.5 Å². The van der Waals surface area contributed by atoms with E-state index in [-0.39, 0.29) is 23.4 Å². The Hall–Kier alpha value is -2.95. The molecule has 0 saturated carbocycles. The summed E-state index contributed by atoms with van der Waals surface area (Å²) >= 11 is 0. The largest absolute Gasteiger partial charge is 0.506 e. The zero-order chi connectivity index (χ0) is 17.5. The van der Waals surface area contributed by atoms with Crippen LogP contribution in [0.3, 0.4) is 0 Å². The second-order valence-electron chi connectivity index (χ2n) is 5.11. The maximum Gasteiger partial charge on any atom is 0.341 e. The van der Waals surface area contributed by atoms with Crippen molar-refractivity contribution in [3.05, 3.63) is 77.1 Å². The van der Waals surface area contributed by atoms with Crippen LogP contribution >= 0.6 is 0 Å². The molecule has 0 fully saturated rings. The summed E-state index contributed by atoms with van der Waals surface area (Å²) < 4.78 is 13.9. The Morgan fingerprint density at radius 1 is 1.04 bits per heavy atom. The fourth-order valence-electron chi connectivity index (χ4n) is 2.29. The van der Waals surface area contributed by atoms with Gasteiger partial charge in [0.05, 0.1) is 17.8 Å². The van der Waals surface area contributed by atoms with Crippen LogP contribution in [0.15, 0.2) is 65.2 Å². The molecule has 0 aliphatic heterocycles. The summed E-state index contributed by atoms with van der Waals surface area (Å²) in [4.78, 5) is 15.9. The predicted octanol–water partition coefficient (Wildman–Crippen LogP) is 4.23. The van der Waals surface area contributed by atoms with Crippen molar-refractivity contribution >= 4 is 17.4 Å². The topological polar surface area (TPSA) is 69.9 Å². The molecule has 0 atom stereocenters. The predicted molar refractivity (Wildman–Crippen MR) is 91.5 cm³/mol. The van der Waals surface area contributed by atoms with Crippen LogP contribution in [0.4, 0.5) is 4.39 Å². The van der Waals surface area contributed by atoms with E-state index in [2.05, 4.69) is 4.99 Å². The average Bonchev–Trinajstić information content (AvgIpc) is 2.59. The Bertz CT molecular complexity index is 782. The van der Waals surface area contributed by atoms with E-state index in [1.54, 1.807) is 6.92 Å². The van der Waals surface area contributed by atoms with Crippen molar-refractivity contribution < 1.29 is 19.4 Å². The van der Waals surface area contributed by atoms with Crippen molar-refractivity contribution in [2.24, 2.45) is 4.99 Å². The highest BCUT2D eigenvalue weighted by molar-refractivity contribution is 6.23. The molecule has 2 N–H and O–H groups in total. The highest BCUT2D eigenvalue weighted by Gasteiger charge is 2.22. The summed E-state index contributed by atoms with van der Waals surface area (Å²) in [5, 5.41) is 19.8. The van der Waals surface area contributed by atoms with Crippen molar-refractivity contribution in [3.63, 3.8) is 0 Å². The number of aliphatic hydroxyl groups is 1. The molecule has 0 spiro atoms. The molecular formula is C19H18FNO3. The van der Waals surface area contributed by atoms with Gasteiger partial charge in [-0.1, -0.05) is 49.4 Å². The van der Waals surface area contributed by atoms with Gasteiger partial charge in [0.2, 0.25) is 0 Å². The van der Waals surface area contributed by atoms with E-state index < -0.39 is 17.5 Å². The van der Waals surface area contributed by atoms with Gasteiger partial charge < -0.3 is 10.2 Å². The molecule has 5 heteroatoms. The van der Waals surface area contributed by atoms with Gasteiger partial charge in [0.1, 0.15) is 17.1 Å². The van der Waals surface area contributed by atoms with Gasteiger partial charge >= 0.3 is 5.97 Å². The maximum absolute atomic E-state index is 13.9. The van der Waals surface area contributed by atoms with E-state index in [4.69, 9.17) is 0 Å². The van der Waals surface area contributed by atoms with Crippen molar-refractivity contribution in [3.8, 4) is 0 Å². The minimum Gasteiger partial charge on any atom is -0.506 e. The minimum atomic E-state index is -1.34. The van der Waals surface area contributed by atoms with Crippen molar-refractivity contribution in [1.29, 1.82) is 0 Å². The fraction of sp³-hybridized carbons (Fsp3) is 0.158. The highest BCUT2D eigenvalue weighted by atomic mass is 19.1. The molecule has 0 aromatic heterocycles. The first-order chi connectivity index (χ1) is 11.5. The van der Waals surface area contributed by atoms with Crippen LogP contribution in [0.2, 0.25) is 0 Å². The number of aliphatic imine (C=N–C) groups is 1. The molecule has 2 aromatic rings. The van der Waals surface area contributed by atoms with Gasteiger partial charge in [0.15, 0.2) is 0 Å². The molecule has 0 aliphatic carbocycles. The molecule has 0 bridgehead atoms. The molecule has 4 nitrogen and oxygen atoms in total. The number of nitrogens with zero attached hydrogens (tertiary/aromatic N) is 1. The molecule has 0 amide bonds. The molecule has 0 heterocycles. The highest BCUT2D eigenvalue weighted by Crippen LogP contribution is 2.21. The number of carboxylic acids is 1. The van der Waals surface area contributed by atoms with E-state index in [1.165, 1.54) is 18.2 Å². The third kappa shape index (κ3) is 4.07. The summed E-state index contributed by atoms with van der Waals surface area (Å²) in [5.74, 6) is -2.65. The number of hydrogen-bond donors (Lipinski definition) is 2. The van der Waals surface area contributed by atoms with Crippen LogP contribution in [0.25, 0.3) is 5.76 Å². The van der Waals surface area contributed by atoms with E-state index in [1.807, 2.05) is 30.3 Å². The summed E-state index contributed by atoms with van der Waals surface area (Å²) in [6.07, 6.45) is 0.299. The molecule has 2 rings (SSSR count). The lowest BCUT2D eigenvalue weighted by Gasteiger charge is -2.10. The van der Waals surface area contributed by atoms with Crippen molar-refractivity contribution in [2.75, 3.05) is 0 Å². The van der Waals surface area contributed by atoms with Crippen LogP contribution in [-0.2, 0) is 11.3 Å². The molecule has 2 aromatic carbocycles. The molecule has 24 heavy (non-hydrogen) atoms. The lowest BCUT2D eigenvalue weighted by molar-refractivity contribution is -0.132. The number of benzene rings is 2.